The molecule has 36 heavy (non-hydrogen) atoms. The number of urea groups is 1. The Balaban J connectivity index is 1.65. The number of anilines is 1. The summed E-state index contributed by atoms with van der Waals surface area (Å²) in [5.41, 5.74) is 6.40. The fraction of sp³-hybridized carbons (Fsp3) is 0.207. The number of halogens is 1. The lowest BCUT2D eigenvalue weighted by molar-refractivity contribution is 0.244. The number of carbonyl (C=O) groups is 1. The van der Waals surface area contributed by atoms with E-state index < -0.39 is 6.04 Å². The van der Waals surface area contributed by atoms with E-state index >= 15 is 0 Å². The van der Waals surface area contributed by atoms with Crippen molar-refractivity contribution in [3.63, 3.8) is 0 Å². The molecule has 1 aromatic heterocycles. The number of hydrogen-bond acceptors (Lipinski definition) is 4. The normalized spacial score (nSPS) is 15.9. The fourth-order valence-corrected chi connectivity index (χ4v) is 4.45. The van der Waals surface area contributed by atoms with Gasteiger partial charge in [0.05, 0.1) is 17.3 Å². The lowest BCUT2D eigenvalue weighted by Crippen LogP contribution is -2.46. The number of amides is 2. The van der Waals surface area contributed by atoms with E-state index in [1.807, 2.05) is 50.2 Å². The lowest BCUT2D eigenvalue weighted by Gasteiger charge is -2.35. The molecule has 2 heterocycles. The molecule has 1 aliphatic heterocycles. The van der Waals surface area contributed by atoms with Gasteiger partial charge in [-0.1, -0.05) is 66.2 Å². The van der Waals surface area contributed by atoms with Gasteiger partial charge in [-0.05, 0) is 62.1 Å². The first-order chi connectivity index (χ1) is 17.4. The highest BCUT2D eigenvalue weighted by Crippen LogP contribution is 2.39. The van der Waals surface area contributed by atoms with Gasteiger partial charge in [0.15, 0.2) is 0 Å². The van der Waals surface area contributed by atoms with Crippen molar-refractivity contribution < 1.29 is 13.7 Å². The van der Waals surface area contributed by atoms with Crippen LogP contribution in [0.15, 0.2) is 77.0 Å². The molecular weight excluding hydrogens is 455 g/mol. The summed E-state index contributed by atoms with van der Waals surface area (Å²) in [6.45, 7) is 7.63. The van der Waals surface area contributed by atoms with Crippen LogP contribution in [0.25, 0.3) is 17.0 Å². The van der Waals surface area contributed by atoms with Crippen molar-refractivity contribution in [2.24, 2.45) is 0 Å². The number of nitrogens with zero attached hydrogens (tertiary/aromatic N) is 3. The topological polar surface area (TPSA) is 71.3 Å². The van der Waals surface area contributed by atoms with Crippen LogP contribution in [0.4, 0.5) is 14.9 Å². The number of rotatable bonds is 5. The van der Waals surface area contributed by atoms with Crippen LogP contribution in [-0.2, 0) is 6.42 Å². The Labute approximate surface area is 209 Å². The number of aromatic nitrogens is 2. The van der Waals surface area contributed by atoms with Gasteiger partial charge in [0, 0.05) is 11.3 Å². The maximum Gasteiger partial charge on any atom is 0.326 e. The highest BCUT2D eigenvalue weighted by molar-refractivity contribution is 6.01. The Hall–Kier alpha value is -4.26. The van der Waals surface area contributed by atoms with Gasteiger partial charge >= 0.3 is 6.03 Å². The Kier molecular flexibility index (Phi) is 6.14. The van der Waals surface area contributed by atoms with E-state index in [-0.39, 0.29) is 11.8 Å². The number of benzene rings is 3. The molecule has 3 aromatic carbocycles. The second kappa shape index (κ2) is 9.41. The zero-order chi connectivity index (χ0) is 25.4. The summed E-state index contributed by atoms with van der Waals surface area (Å²) in [6, 6.07) is 19.8. The van der Waals surface area contributed by atoms with Gasteiger partial charge in [0.2, 0.25) is 5.82 Å². The zero-order valence-corrected chi connectivity index (χ0v) is 20.7. The first kappa shape index (κ1) is 23.5. The molecule has 7 heteroatoms. The van der Waals surface area contributed by atoms with Gasteiger partial charge in [-0.3, -0.25) is 4.90 Å². The average Bonchev–Trinajstić information content (AvgIpc) is 3.36. The molecule has 182 valence electrons. The first-order valence-corrected chi connectivity index (χ1v) is 11.9. The molecule has 1 N–H and O–H groups in total. The first-order valence-electron chi connectivity index (χ1n) is 11.9. The summed E-state index contributed by atoms with van der Waals surface area (Å²) in [7, 11) is 0. The minimum atomic E-state index is -0.493. The summed E-state index contributed by atoms with van der Waals surface area (Å²) in [6.07, 6.45) is 0.917. The van der Waals surface area contributed by atoms with Crippen LogP contribution >= 0.6 is 0 Å². The molecule has 1 atom stereocenters. The minimum Gasteiger partial charge on any atom is -0.334 e. The van der Waals surface area contributed by atoms with Gasteiger partial charge in [0.1, 0.15) is 5.82 Å². The van der Waals surface area contributed by atoms with E-state index in [1.165, 1.54) is 16.5 Å². The number of carbonyl (C=O) groups excluding carboxylic acids is 1. The molecule has 0 aliphatic carbocycles. The van der Waals surface area contributed by atoms with Crippen molar-refractivity contribution in [1.29, 1.82) is 0 Å². The molecule has 0 saturated carbocycles. The quantitative estimate of drug-likeness (QED) is 0.341. The van der Waals surface area contributed by atoms with Crippen LogP contribution in [0.1, 0.15) is 48.0 Å². The smallest absolute Gasteiger partial charge is 0.326 e. The third-order valence-corrected chi connectivity index (χ3v) is 6.57. The van der Waals surface area contributed by atoms with Gasteiger partial charge in [-0.15, -0.1) is 0 Å². The maximum absolute atomic E-state index is 14.0. The van der Waals surface area contributed by atoms with E-state index in [0.29, 0.717) is 34.2 Å². The molecular formula is C29H27FN4O2. The van der Waals surface area contributed by atoms with E-state index in [0.717, 1.165) is 23.1 Å². The molecule has 0 radical (unpaired) electrons. The van der Waals surface area contributed by atoms with Crippen LogP contribution in [0.3, 0.4) is 0 Å². The standard InChI is InChI=1S/C29H27FN4O2/c1-5-20-8-12-21(13-9-20)26-25(28-32-27(33-36-28)22-10-6-17(2)7-11-22)19(4)34(29(35)31-26)23-14-15-24(30)18(3)16-23/h6-16,26H,5H2,1-4H3,(H,31,35). The van der Waals surface area contributed by atoms with E-state index in [1.54, 1.807) is 19.1 Å². The summed E-state index contributed by atoms with van der Waals surface area (Å²) in [5, 5.41) is 7.32. The third-order valence-electron chi connectivity index (χ3n) is 6.57. The molecule has 0 fully saturated rings. The summed E-state index contributed by atoms with van der Waals surface area (Å²) >= 11 is 0. The second-order valence-corrected chi connectivity index (χ2v) is 9.03. The Morgan fingerprint density at radius 2 is 1.72 bits per heavy atom. The summed E-state index contributed by atoms with van der Waals surface area (Å²) < 4.78 is 19.7. The van der Waals surface area contributed by atoms with Crippen LogP contribution in [0.2, 0.25) is 0 Å². The van der Waals surface area contributed by atoms with Crippen molar-refractivity contribution in [1.82, 2.24) is 15.5 Å². The van der Waals surface area contributed by atoms with Crippen LogP contribution in [0.5, 0.6) is 0 Å². The van der Waals surface area contributed by atoms with Gasteiger partial charge in [-0.2, -0.15) is 4.98 Å². The molecule has 1 aliphatic rings. The average molecular weight is 483 g/mol. The maximum atomic E-state index is 14.0. The summed E-state index contributed by atoms with van der Waals surface area (Å²) in [4.78, 5) is 19.6. The van der Waals surface area contributed by atoms with Crippen LogP contribution < -0.4 is 10.2 Å². The number of aryl methyl sites for hydroxylation is 3. The predicted octanol–water partition coefficient (Wildman–Crippen LogP) is 6.76. The molecule has 6 nitrogen and oxygen atoms in total. The van der Waals surface area contributed by atoms with Crippen molar-refractivity contribution in [3.8, 4) is 11.4 Å². The SMILES string of the molecule is CCc1ccc(C2NC(=O)N(c3ccc(F)c(C)c3)C(C)=C2c2nc(-c3ccc(C)cc3)no2)cc1. The summed E-state index contributed by atoms with van der Waals surface area (Å²) in [5.74, 6) is 0.453. The minimum absolute atomic E-state index is 0.315. The van der Waals surface area contributed by atoms with Crippen molar-refractivity contribution in [2.75, 3.05) is 4.90 Å². The molecule has 5 rings (SSSR count). The Morgan fingerprint density at radius 1 is 1.00 bits per heavy atom. The second-order valence-electron chi connectivity index (χ2n) is 9.03. The molecule has 4 aromatic rings. The van der Waals surface area contributed by atoms with Gasteiger partial charge < -0.3 is 9.84 Å². The Bertz CT molecular complexity index is 1460. The van der Waals surface area contributed by atoms with E-state index in [4.69, 9.17) is 9.51 Å². The highest BCUT2D eigenvalue weighted by Gasteiger charge is 2.36. The van der Waals surface area contributed by atoms with E-state index in [2.05, 4.69) is 29.5 Å². The number of hydrogen-bond donors (Lipinski definition) is 1. The predicted molar refractivity (Wildman–Crippen MR) is 138 cm³/mol. The van der Waals surface area contributed by atoms with Crippen molar-refractivity contribution in [3.05, 3.63) is 106 Å². The van der Waals surface area contributed by atoms with Crippen molar-refractivity contribution in [2.45, 2.75) is 40.2 Å². The third kappa shape index (κ3) is 4.28. The lowest BCUT2D eigenvalue weighted by atomic mass is 9.93. The molecule has 2 amide bonds. The van der Waals surface area contributed by atoms with E-state index in [9.17, 15) is 9.18 Å². The largest absolute Gasteiger partial charge is 0.334 e. The number of allylic oxidation sites excluding steroid dienone is 1. The van der Waals surface area contributed by atoms with Gasteiger partial charge in [0.25, 0.3) is 5.89 Å². The fourth-order valence-electron chi connectivity index (χ4n) is 4.45. The molecule has 0 saturated heterocycles. The zero-order valence-electron chi connectivity index (χ0n) is 20.7. The van der Waals surface area contributed by atoms with Crippen LogP contribution in [0, 0.1) is 19.7 Å². The molecule has 0 bridgehead atoms. The molecule has 0 spiro atoms. The van der Waals surface area contributed by atoms with Gasteiger partial charge in [-0.25, -0.2) is 9.18 Å². The monoisotopic (exact) mass is 482 g/mol. The van der Waals surface area contributed by atoms with Crippen LogP contribution in [-0.4, -0.2) is 16.2 Å². The number of nitrogens with one attached hydrogen (secondary N) is 1. The molecule has 1 unspecified atom stereocenters. The Morgan fingerprint density at radius 3 is 2.39 bits per heavy atom. The highest BCUT2D eigenvalue weighted by atomic mass is 19.1. The van der Waals surface area contributed by atoms with Crippen molar-refractivity contribution >= 4 is 17.3 Å².